The van der Waals surface area contributed by atoms with Gasteiger partial charge in [-0.15, -0.1) is 11.3 Å². The van der Waals surface area contributed by atoms with E-state index in [9.17, 15) is 18.8 Å². The number of carbonyl (C=O) groups excluding carboxylic acids is 3. The second-order valence-electron chi connectivity index (χ2n) is 14.2. The lowest BCUT2D eigenvalue weighted by atomic mass is 9.73. The fourth-order valence-electron chi connectivity index (χ4n) is 7.44. The van der Waals surface area contributed by atoms with Crippen molar-refractivity contribution < 1.29 is 23.5 Å². The monoisotopic (exact) mass is 730 g/mol. The minimum atomic E-state index is -0.493. The summed E-state index contributed by atoms with van der Waals surface area (Å²) in [5.74, 6) is -0.665. The molecule has 5 aromatic rings. The molecule has 3 aromatic heterocycles. The Bertz CT molecular complexity index is 2240. The molecule has 2 saturated heterocycles. The summed E-state index contributed by atoms with van der Waals surface area (Å²) in [6.45, 7) is 9.19. The molecule has 10 nitrogen and oxygen atoms in total. The quantitative estimate of drug-likeness (QED) is 0.185. The minimum absolute atomic E-state index is 0.157. The van der Waals surface area contributed by atoms with Gasteiger partial charge in [-0.05, 0) is 112 Å². The number of thiophene rings is 1. The molecule has 0 radical (unpaired) electrons. The van der Waals surface area contributed by atoms with Crippen molar-refractivity contribution in [3.8, 4) is 10.6 Å². The standard InChI is InChI=1S/C41H39FN6O4S/c1-24-5-4-6-31(42)34(24)46-39(50)33-21-28-15-18-48(32-14-8-25(2)43-35(32)36(28)53-33)40(51)27-9-11-29(12-10-27)45-38(49)30-13-7-26(3)44-37(30)47-22-41(23-47)16-19-52-20-17-41/h4-14,21H,15-20,22-23H2,1-3H3,(H,45,49)(H,46,50). The summed E-state index contributed by atoms with van der Waals surface area (Å²) in [6, 6.07) is 20.8. The number of pyridine rings is 2. The Morgan fingerprint density at radius 2 is 1.60 bits per heavy atom. The van der Waals surface area contributed by atoms with E-state index in [0.29, 0.717) is 57.4 Å². The summed E-state index contributed by atoms with van der Waals surface area (Å²) in [6.07, 6.45) is 2.54. The number of halogens is 1. The molecule has 6 heterocycles. The molecule has 0 atom stereocenters. The van der Waals surface area contributed by atoms with Crippen molar-refractivity contribution in [2.75, 3.05) is 53.3 Å². The van der Waals surface area contributed by atoms with E-state index in [0.717, 1.165) is 61.0 Å². The van der Waals surface area contributed by atoms with E-state index < -0.39 is 11.7 Å². The Hall–Kier alpha value is -5.46. The van der Waals surface area contributed by atoms with Gasteiger partial charge >= 0.3 is 0 Å². The van der Waals surface area contributed by atoms with Gasteiger partial charge in [0.25, 0.3) is 17.7 Å². The lowest BCUT2D eigenvalue weighted by molar-refractivity contribution is -0.000519. The predicted molar refractivity (Wildman–Crippen MR) is 205 cm³/mol. The van der Waals surface area contributed by atoms with Crippen molar-refractivity contribution >= 4 is 51.9 Å². The van der Waals surface area contributed by atoms with Crippen LogP contribution in [0.1, 0.15) is 65.7 Å². The lowest BCUT2D eigenvalue weighted by Crippen LogP contribution is -2.59. The molecule has 0 saturated carbocycles. The number of para-hydroxylation sites is 1. The number of aryl methyl sites for hydroxylation is 3. The maximum atomic E-state index is 14.5. The molecule has 270 valence electrons. The highest BCUT2D eigenvalue weighted by atomic mass is 32.1. The van der Waals surface area contributed by atoms with Crippen LogP contribution in [-0.2, 0) is 11.2 Å². The molecule has 0 unspecified atom stereocenters. The van der Waals surface area contributed by atoms with E-state index in [4.69, 9.17) is 14.7 Å². The largest absolute Gasteiger partial charge is 0.381 e. The van der Waals surface area contributed by atoms with Crippen molar-refractivity contribution in [3.63, 3.8) is 0 Å². The molecule has 3 aliphatic heterocycles. The van der Waals surface area contributed by atoms with E-state index in [2.05, 4.69) is 15.5 Å². The fourth-order valence-corrected chi connectivity index (χ4v) is 8.54. The van der Waals surface area contributed by atoms with Crippen LogP contribution < -0.4 is 20.4 Å². The van der Waals surface area contributed by atoms with Crippen molar-refractivity contribution in [2.45, 2.75) is 40.0 Å². The van der Waals surface area contributed by atoms with Gasteiger partial charge in [-0.2, -0.15) is 0 Å². The molecule has 53 heavy (non-hydrogen) atoms. The summed E-state index contributed by atoms with van der Waals surface area (Å²) < 4.78 is 20.1. The topological polar surface area (TPSA) is 117 Å². The Morgan fingerprint density at radius 3 is 2.36 bits per heavy atom. The van der Waals surface area contributed by atoms with E-state index in [1.807, 2.05) is 44.2 Å². The lowest BCUT2D eigenvalue weighted by Gasteiger charge is -2.53. The van der Waals surface area contributed by atoms with Gasteiger partial charge in [0, 0.05) is 60.9 Å². The Morgan fingerprint density at radius 1 is 0.868 bits per heavy atom. The number of rotatable bonds is 6. The average Bonchev–Trinajstić information content (AvgIpc) is 3.51. The van der Waals surface area contributed by atoms with Gasteiger partial charge in [-0.25, -0.2) is 9.37 Å². The second kappa shape index (κ2) is 13.8. The molecular weight excluding hydrogens is 692 g/mol. The first kappa shape index (κ1) is 34.6. The number of hydrogen-bond acceptors (Lipinski definition) is 8. The van der Waals surface area contributed by atoms with Crippen molar-refractivity contribution in [1.82, 2.24) is 9.97 Å². The van der Waals surface area contributed by atoms with Gasteiger partial charge in [0.2, 0.25) is 0 Å². The van der Waals surface area contributed by atoms with Gasteiger partial charge in [-0.3, -0.25) is 19.4 Å². The van der Waals surface area contributed by atoms with Crippen LogP contribution in [0.15, 0.2) is 72.8 Å². The SMILES string of the molecule is Cc1ccc2c(n1)-c1sc(C(=O)Nc3c(C)cccc3F)cc1CCN2C(=O)c1ccc(NC(=O)c2ccc(C)nc2N2CC3(CCOCC3)C2)cc1. The van der Waals surface area contributed by atoms with Crippen LogP contribution in [0.2, 0.25) is 0 Å². The Labute approximate surface area is 311 Å². The van der Waals surface area contributed by atoms with Crippen LogP contribution in [-0.4, -0.2) is 60.5 Å². The van der Waals surface area contributed by atoms with Gasteiger partial charge < -0.3 is 25.2 Å². The van der Waals surface area contributed by atoms with Crippen LogP contribution in [0, 0.1) is 32.0 Å². The second-order valence-corrected chi connectivity index (χ2v) is 15.3. The number of fused-ring (bicyclic) bond motifs is 3. The number of anilines is 4. The molecule has 2 N–H and O–H groups in total. The third-order valence-electron chi connectivity index (χ3n) is 10.4. The maximum Gasteiger partial charge on any atom is 0.265 e. The highest BCUT2D eigenvalue weighted by Crippen LogP contribution is 2.43. The van der Waals surface area contributed by atoms with E-state index in [1.165, 1.54) is 17.4 Å². The van der Waals surface area contributed by atoms with Crippen molar-refractivity contribution in [2.24, 2.45) is 5.41 Å². The third kappa shape index (κ3) is 6.68. The Balaban J connectivity index is 0.989. The smallest absolute Gasteiger partial charge is 0.265 e. The molecule has 12 heteroatoms. The number of ether oxygens (including phenoxy) is 1. The zero-order valence-corrected chi connectivity index (χ0v) is 30.6. The summed E-state index contributed by atoms with van der Waals surface area (Å²) in [5, 5.41) is 5.73. The molecule has 3 aliphatic rings. The normalized spacial score (nSPS) is 15.9. The first-order valence-electron chi connectivity index (χ1n) is 17.8. The van der Waals surface area contributed by atoms with Crippen LogP contribution in [0.25, 0.3) is 10.6 Å². The van der Waals surface area contributed by atoms with E-state index in [-0.39, 0.29) is 22.9 Å². The van der Waals surface area contributed by atoms with Crippen LogP contribution in [0.3, 0.4) is 0 Å². The summed E-state index contributed by atoms with van der Waals surface area (Å²) >= 11 is 1.28. The number of nitrogens with one attached hydrogen (secondary N) is 2. The summed E-state index contributed by atoms with van der Waals surface area (Å²) in [7, 11) is 0. The fraction of sp³-hybridized carbons (Fsp3) is 0.293. The number of benzene rings is 2. The van der Waals surface area contributed by atoms with Crippen molar-refractivity contribution in [1.29, 1.82) is 0 Å². The number of nitrogens with zero attached hydrogens (tertiary/aromatic N) is 4. The molecule has 0 bridgehead atoms. The Kier molecular flexibility index (Phi) is 9.03. The summed E-state index contributed by atoms with van der Waals surface area (Å²) in [4.78, 5) is 55.7. The van der Waals surface area contributed by atoms with Gasteiger partial charge in [-0.1, -0.05) is 12.1 Å². The number of hydrogen-bond donors (Lipinski definition) is 2. The van der Waals surface area contributed by atoms with Gasteiger partial charge in [0.15, 0.2) is 0 Å². The predicted octanol–water partition coefficient (Wildman–Crippen LogP) is 7.59. The third-order valence-corrected chi connectivity index (χ3v) is 11.6. The minimum Gasteiger partial charge on any atom is -0.381 e. The zero-order chi connectivity index (χ0) is 36.9. The maximum absolute atomic E-state index is 14.5. The molecule has 2 fully saturated rings. The van der Waals surface area contributed by atoms with Crippen LogP contribution in [0.5, 0.6) is 0 Å². The number of carbonyl (C=O) groups is 3. The van der Waals surface area contributed by atoms with Crippen LogP contribution in [0.4, 0.5) is 27.3 Å². The molecule has 0 aliphatic carbocycles. The molecule has 8 rings (SSSR count). The number of amides is 3. The van der Waals surface area contributed by atoms with E-state index in [1.54, 1.807) is 48.2 Å². The first-order valence-corrected chi connectivity index (χ1v) is 18.6. The highest BCUT2D eigenvalue weighted by Gasteiger charge is 2.45. The molecule has 1 spiro atoms. The van der Waals surface area contributed by atoms with Gasteiger partial charge in [0.05, 0.1) is 26.7 Å². The highest BCUT2D eigenvalue weighted by molar-refractivity contribution is 7.17. The molecule has 2 aromatic carbocycles. The van der Waals surface area contributed by atoms with Crippen molar-refractivity contribution in [3.05, 3.63) is 117 Å². The number of aromatic nitrogens is 2. The first-order chi connectivity index (χ1) is 25.6. The van der Waals surface area contributed by atoms with Crippen LogP contribution >= 0.6 is 11.3 Å². The molecular formula is C41H39FN6O4S. The zero-order valence-electron chi connectivity index (χ0n) is 29.8. The van der Waals surface area contributed by atoms with E-state index >= 15 is 0 Å². The molecule has 3 amide bonds. The average molecular weight is 731 g/mol. The summed E-state index contributed by atoms with van der Waals surface area (Å²) in [5.41, 5.74) is 6.33. The van der Waals surface area contributed by atoms with Gasteiger partial charge in [0.1, 0.15) is 17.3 Å².